The van der Waals surface area contributed by atoms with Crippen molar-refractivity contribution < 1.29 is 18.7 Å². The third-order valence-corrected chi connectivity index (χ3v) is 6.48. The van der Waals surface area contributed by atoms with E-state index in [2.05, 4.69) is 31.4 Å². The Morgan fingerprint density at radius 3 is 2.79 bits per heavy atom. The first-order valence-electron chi connectivity index (χ1n) is 8.80. The number of esters is 1. The Morgan fingerprint density at radius 2 is 2.14 bits per heavy atom. The summed E-state index contributed by atoms with van der Waals surface area (Å²) in [4.78, 5) is 25.6. The molecule has 11 heteroatoms. The van der Waals surface area contributed by atoms with Gasteiger partial charge in [0.1, 0.15) is 5.00 Å². The lowest BCUT2D eigenvalue weighted by atomic mass is 10.2. The van der Waals surface area contributed by atoms with Gasteiger partial charge in [-0.05, 0) is 47.5 Å². The largest absolute Gasteiger partial charge is 0.462 e. The molecule has 3 aromatic heterocycles. The van der Waals surface area contributed by atoms with E-state index in [0.29, 0.717) is 32.0 Å². The van der Waals surface area contributed by atoms with Crippen LogP contribution in [0.2, 0.25) is 0 Å². The van der Waals surface area contributed by atoms with Gasteiger partial charge in [-0.25, -0.2) is 4.79 Å². The molecule has 3 rings (SSSR count). The van der Waals surface area contributed by atoms with Crippen molar-refractivity contribution in [2.24, 2.45) is 7.05 Å². The van der Waals surface area contributed by atoms with E-state index < -0.39 is 5.97 Å². The van der Waals surface area contributed by atoms with Crippen molar-refractivity contribution in [3.63, 3.8) is 0 Å². The Bertz CT molecular complexity index is 1030. The van der Waals surface area contributed by atoms with Gasteiger partial charge >= 0.3 is 5.97 Å². The number of furan rings is 1. The minimum absolute atomic E-state index is 0.120. The van der Waals surface area contributed by atoms with Crippen LogP contribution in [0.15, 0.2) is 32.4 Å². The summed E-state index contributed by atoms with van der Waals surface area (Å²) >= 11 is 5.89. The average Bonchev–Trinajstić information content (AvgIpc) is 3.39. The fourth-order valence-electron chi connectivity index (χ4n) is 2.45. The maximum atomic E-state index is 12.4. The van der Waals surface area contributed by atoms with Crippen molar-refractivity contribution in [3.05, 3.63) is 33.3 Å². The molecule has 0 radical (unpaired) electrons. The SMILES string of the molecule is CCOC(=O)c1cc(CC)sc1NC(=O)CSc1nnc(-c2ccc(Br)o2)n1C. The lowest BCUT2D eigenvalue weighted by molar-refractivity contribution is -0.113. The number of halogens is 1. The van der Waals surface area contributed by atoms with Gasteiger partial charge < -0.3 is 19.0 Å². The highest BCUT2D eigenvalue weighted by molar-refractivity contribution is 9.10. The first kappa shape index (κ1) is 21.6. The monoisotopic (exact) mass is 498 g/mol. The van der Waals surface area contributed by atoms with Crippen molar-refractivity contribution in [3.8, 4) is 11.6 Å². The van der Waals surface area contributed by atoms with Crippen molar-refractivity contribution in [2.75, 3.05) is 17.7 Å². The molecule has 1 N–H and O–H groups in total. The Morgan fingerprint density at radius 1 is 1.34 bits per heavy atom. The van der Waals surface area contributed by atoms with Crippen LogP contribution in [0.4, 0.5) is 5.00 Å². The molecule has 0 atom stereocenters. The van der Waals surface area contributed by atoms with Crippen LogP contribution in [0, 0.1) is 0 Å². The standard InChI is InChI=1S/C18H19BrN4O4S2/c1-4-10-8-11(17(25)26-5-2)16(29-10)20-14(24)9-28-18-22-21-15(23(18)3)12-6-7-13(19)27-12/h6-8H,4-5,9H2,1-3H3,(H,20,24). The predicted octanol–water partition coefficient (Wildman–Crippen LogP) is 4.37. The average molecular weight is 499 g/mol. The highest BCUT2D eigenvalue weighted by Gasteiger charge is 2.20. The molecular weight excluding hydrogens is 480 g/mol. The number of hydrogen-bond donors (Lipinski definition) is 1. The van der Waals surface area contributed by atoms with E-state index in [1.54, 1.807) is 36.7 Å². The van der Waals surface area contributed by atoms with Gasteiger partial charge in [-0.1, -0.05) is 18.7 Å². The lowest BCUT2D eigenvalue weighted by Crippen LogP contribution is -2.16. The molecule has 0 aliphatic heterocycles. The quantitative estimate of drug-likeness (QED) is 0.363. The zero-order chi connectivity index (χ0) is 21.0. The summed E-state index contributed by atoms with van der Waals surface area (Å²) in [6.45, 7) is 4.02. The van der Waals surface area contributed by atoms with Crippen LogP contribution in [0.5, 0.6) is 0 Å². The summed E-state index contributed by atoms with van der Waals surface area (Å²) in [5.41, 5.74) is 0.386. The minimum atomic E-state index is -0.436. The predicted molar refractivity (Wildman–Crippen MR) is 115 cm³/mol. The van der Waals surface area contributed by atoms with Gasteiger partial charge in [-0.15, -0.1) is 21.5 Å². The number of thioether (sulfide) groups is 1. The highest BCUT2D eigenvalue weighted by Crippen LogP contribution is 2.30. The van der Waals surface area contributed by atoms with Crippen LogP contribution in [0.25, 0.3) is 11.6 Å². The van der Waals surface area contributed by atoms with Crippen LogP contribution in [-0.2, 0) is 23.0 Å². The normalized spacial score (nSPS) is 10.9. The summed E-state index contributed by atoms with van der Waals surface area (Å²) in [5.74, 6) is 0.585. The molecule has 0 bridgehead atoms. The third kappa shape index (κ3) is 5.09. The molecule has 3 aromatic rings. The first-order chi connectivity index (χ1) is 13.9. The van der Waals surface area contributed by atoms with Gasteiger partial charge in [0.05, 0.1) is 17.9 Å². The summed E-state index contributed by atoms with van der Waals surface area (Å²) in [6.07, 6.45) is 0.770. The number of carbonyl (C=O) groups is 2. The van der Waals surface area contributed by atoms with E-state index in [0.717, 1.165) is 11.3 Å². The molecule has 29 heavy (non-hydrogen) atoms. The van der Waals surface area contributed by atoms with Crippen LogP contribution in [0.3, 0.4) is 0 Å². The molecule has 0 unspecified atom stereocenters. The van der Waals surface area contributed by atoms with E-state index >= 15 is 0 Å². The number of ether oxygens (including phenoxy) is 1. The number of rotatable bonds is 8. The number of nitrogens with one attached hydrogen (secondary N) is 1. The number of carbonyl (C=O) groups excluding carboxylic acids is 2. The number of anilines is 1. The maximum absolute atomic E-state index is 12.4. The number of nitrogens with zero attached hydrogens (tertiary/aromatic N) is 3. The van der Waals surface area contributed by atoms with Crippen LogP contribution in [-0.4, -0.2) is 39.0 Å². The van der Waals surface area contributed by atoms with E-state index in [9.17, 15) is 9.59 Å². The zero-order valence-corrected chi connectivity index (χ0v) is 19.2. The van der Waals surface area contributed by atoms with E-state index in [4.69, 9.17) is 9.15 Å². The van der Waals surface area contributed by atoms with Gasteiger partial charge in [0.2, 0.25) is 5.91 Å². The Labute approximate surface area is 184 Å². The molecule has 0 aliphatic carbocycles. The second-order valence-corrected chi connectivity index (χ2v) is 8.70. The number of hydrogen-bond acceptors (Lipinski definition) is 8. The minimum Gasteiger partial charge on any atom is -0.462 e. The molecule has 1 amide bonds. The van der Waals surface area contributed by atoms with Crippen molar-refractivity contribution in [1.29, 1.82) is 0 Å². The topological polar surface area (TPSA) is 99.2 Å². The van der Waals surface area contributed by atoms with Crippen LogP contribution < -0.4 is 5.32 Å². The van der Waals surface area contributed by atoms with Gasteiger partial charge in [-0.3, -0.25) is 4.79 Å². The van der Waals surface area contributed by atoms with Gasteiger partial charge in [0.15, 0.2) is 21.4 Å². The molecule has 0 saturated heterocycles. The molecule has 154 valence electrons. The van der Waals surface area contributed by atoms with Crippen LogP contribution >= 0.6 is 39.0 Å². The molecule has 8 nitrogen and oxygen atoms in total. The van der Waals surface area contributed by atoms with E-state index in [1.807, 2.05) is 6.92 Å². The first-order valence-corrected chi connectivity index (χ1v) is 11.4. The molecule has 0 aromatic carbocycles. The number of aromatic nitrogens is 3. The fraction of sp³-hybridized carbons (Fsp3) is 0.333. The Kier molecular flexibility index (Phi) is 7.14. The Hall–Kier alpha value is -2.11. The zero-order valence-electron chi connectivity index (χ0n) is 16.0. The van der Waals surface area contributed by atoms with Crippen molar-refractivity contribution >= 4 is 55.9 Å². The van der Waals surface area contributed by atoms with Gasteiger partial charge in [-0.2, -0.15) is 0 Å². The molecule has 0 fully saturated rings. The Balaban J connectivity index is 1.66. The second-order valence-electron chi connectivity index (χ2n) is 5.84. The lowest BCUT2D eigenvalue weighted by Gasteiger charge is -2.06. The molecule has 0 spiro atoms. The fourth-order valence-corrected chi connectivity index (χ4v) is 4.47. The number of thiophene rings is 1. The summed E-state index contributed by atoms with van der Waals surface area (Å²) < 4.78 is 12.9. The van der Waals surface area contributed by atoms with E-state index in [-0.39, 0.29) is 18.3 Å². The van der Waals surface area contributed by atoms with Crippen molar-refractivity contribution in [2.45, 2.75) is 25.4 Å². The smallest absolute Gasteiger partial charge is 0.341 e. The van der Waals surface area contributed by atoms with E-state index in [1.165, 1.54) is 23.1 Å². The maximum Gasteiger partial charge on any atom is 0.341 e. The summed E-state index contributed by atoms with van der Waals surface area (Å²) in [7, 11) is 1.80. The number of amides is 1. The molecule has 3 heterocycles. The molecule has 0 aliphatic rings. The van der Waals surface area contributed by atoms with Gasteiger partial charge in [0.25, 0.3) is 0 Å². The summed E-state index contributed by atoms with van der Waals surface area (Å²) in [6, 6.07) is 5.33. The second kappa shape index (κ2) is 9.59. The number of aryl methyl sites for hydroxylation is 1. The molecule has 0 saturated carbocycles. The molecular formula is C18H19BrN4O4S2. The highest BCUT2D eigenvalue weighted by atomic mass is 79.9. The summed E-state index contributed by atoms with van der Waals surface area (Å²) in [5, 5.41) is 12.1. The van der Waals surface area contributed by atoms with Gasteiger partial charge in [0, 0.05) is 11.9 Å². The van der Waals surface area contributed by atoms with Crippen LogP contribution in [0.1, 0.15) is 29.1 Å². The van der Waals surface area contributed by atoms with Crippen molar-refractivity contribution in [1.82, 2.24) is 14.8 Å². The third-order valence-electron chi connectivity index (χ3n) is 3.84.